The summed E-state index contributed by atoms with van der Waals surface area (Å²) in [5, 5.41) is 11.7. The van der Waals surface area contributed by atoms with Crippen LogP contribution in [0.15, 0.2) is 5.16 Å². The van der Waals surface area contributed by atoms with Gasteiger partial charge in [0.25, 0.3) is 0 Å². The molecule has 1 aliphatic heterocycles. The molecule has 0 bridgehead atoms. The van der Waals surface area contributed by atoms with Gasteiger partial charge in [0.2, 0.25) is 0 Å². The van der Waals surface area contributed by atoms with Crippen molar-refractivity contribution in [2.24, 2.45) is 5.16 Å². The van der Waals surface area contributed by atoms with Crippen molar-refractivity contribution in [2.75, 3.05) is 6.54 Å². The summed E-state index contributed by atoms with van der Waals surface area (Å²) in [6.45, 7) is 6.01. The van der Waals surface area contributed by atoms with Gasteiger partial charge in [0, 0.05) is 6.54 Å². The van der Waals surface area contributed by atoms with E-state index < -0.39 is 11.7 Å². The highest BCUT2D eigenvalue weighted by molar-refractivity contribution is 6.66. The van der Waals surface area contributed by atoms with Crippen LogP contribution in [0.1, 0.15) is 40.0 Å². The molecule has 0 saturated carbocycles. The summed E-state index contributed by atoms with van der Waals surface area (Å²) in [7, 11) is 0. The van der Waals surface area contributed by atoms with Crippen LogP contribution in [-0.4, -0.2) is 39.6 Å². The van der Waals surface area contributed by atoms with Gasteiger partial charge in [-0.2, -0.15) is 0 Å². The van der Waals surface area contributed by atoms with E-state index in [1.807, 2.05) is 20.8 Å². The van der Waals surface area contributed by atoms with E-state index in [-0.39, 0.29) is 11.2 Å². The van der Waals surface area contributed by atoms with Crippen molar-refractivity contribution in [1.29, 1.82) is 0 Å². The minimum absolute atomic E-state index is 0.0376. The first-order valence-corrected chi connectivity index (χ1v) is 6.10. The van der Waals surface area contributed by atoms with Crippen molar-refractivity contribution < 1.29 is 14.7 Å². The Morgan fingerprint density at radius 2 is 2.12 bits per heavy atom. The molecule has 0 aromatic heterocycles. The molecule has 1 aliphatic rings. The van der Waals surface area contributed by atoms with Crippen molar-refractivity contribution in [2.45, 2.75) is 51.7 Å². The fourth-order valence-electron chi connectivity index (χ4n) is 1.78. The first kappa shape index (κ1) is 14.1. The highest BCUT2D eigenvalue weighted by Crippen LogP contribution is 2.22. The van der Waals surface area contributed by atoms with Crippen molar-refractivity contribution in [3.8, 4) is 0 Å². The van der Waals surface area contributed by atoms with Crippen LogP contribution in [0, 0.1) is 0 Å². The van der Waals surface area contributed by atoms with E-state index in [1.54, 1.807) is 0 Å². The largest absolute Gasteiger partial charge is 0.444 e. The molecule has 1 rings (SSSR count). The molecule has 0 aliphatic carbocycles. The maximum atomic E-state index is 12.0. The average molecular weight is 263 g/mol. The predicted molar refractivity (Wildman–Crippen MR) is 65.7 cm³/mol. The zero-order valence-corrected chi connectivity index (χ0v) is 11.2. The third-order valence-electron chi connectivity index (χ3n) is 2.50. The van der Waals surface area contributed by atoms with Crippen LogP contribution >= 0.6 is 11.6 Å². The summed E-state index contributed by atoms with van der Waals surface area (Å²) < 4.78 is 5.29. The van der Waals surface area contributed by atoms with Crippen molar-refractivity contribution in [1.82, 2.24) is 4.90 Å². The van der Waals surface area contributed by atoms with E-state index in [4.69, 9.17) is 21.5 Å². The number of carbonyl (C=O) groups is 1. The Bertz CT molecular complexity index is 312. The summed E-state index contributed by atoms with van der Waals surface area (Å²) in [4.78, 5) is 13.5. The van der Waals surface area contributed by atoms with E-state index in [0.717, 1.165) is 12.8 Å². The number of halogens is 1. The number of hydrogen-bond acceptors (Lipinski definition) is 4. The first-order valence-electron chi connectivity index (χ1n) is 5.72. The molecule has 0 spiro atoms. The number of piperidine rings is 1. The van der Waals surface area contributed by atoms with Gasteiger partial charge in [-0.05, 0) is 40.0 Å². The van der Waals surface area contributed by atoms with E-state index in [0.29, 0.717) is 13.0 Å². The van der Waals surface area contributed by atoms with Gasteiger partial charge in [-0.3, -0.25) is 4.90 Å². The third kappa shape index (κ3) is 4.07. The average Bonchev–Trinajstić information content (AvgIpc) is 2.25. The van der Waals surface area contributed by atoms with Gasteiger partial charge in [-0.15, -0.1) is 0 Å². The number of hydrogen-bond donors (Lipinski definition) is 1. The van der Waals surface area contributed by atoms with E-state index >= 15 is 0 Å². The number of ether oxygens (including phenoxy) is 1. The summed E-state index contributed by atoms with van der Waals surface area (Å²) >= 11 is 5.80. The Balaban J connectivity index is 2.75. The number of carbonyl (C=O) groups excluding carboxylic acids is 1. The summed E-state index contributed by atoms with van der Waals surface area (Å²) in [5.74, 6) is 0. The van der Waals surface area contributed by atoms with Crippen LogP contribution in [0.4, 0.5) is 4.79 Å². The van der Waals surface area contributed by atoms with Crippen LogP contribution in [0.3, 0.4) is 0 Å². The molecule has 0 aromatic carbocycles. The van der Waals surface area contributed by atoms with Crippen LogP contribution in [0.2, 0.25) is 0 Å². The highest BCUT2D eigenvalue weighted by atomic mass is 35.5. The van der Waals surface area contributed by atoms with Crippen molar-refractivity contribution in [3.05, 3.63) is 0 Å². The number of rotatable bonds is 1. The second-order valence-electron chi connectivity index (χ2n) is 5.11. The molecular formula is C11H19ClN2O3. The molecule has 0 aromatic rings. The number of nitrogens with zero attached hydrogens (tertiary/aromatic N) is 2. The Labute approximate surface area is 106 Å². The normalized spacial score (nSPS) is 22.5. The minimum Gasteiger partial charge on any atom is -0.444 e. The fraction of sp³-hybridized carbons (Fsp3) is 0.818. The predicted octanol–water partition coefficient (Wildman–Crippen LogP) is 2.80. The molecule has 98 valence electrons. The Hall–Kier alpha value is -0.970. The Morgan fingerprint density at radius 3 is 2.65 bits per heavy atom. The second kappa shape index (κ2) is 5.58. The lowest BCUT2D eigenvalue weighted by Gasteiger charge is -2.35. The van der Waals surface area contributed by atoms with Gasteiger partial charge in [0.05, 0.1) is 6.04 Å². The van der Waals surface area contributed by atoms with E-state index in [9.17, 15) is 4.79 Å². The van der Waals surface area contributed by atoms with Crippen LogP contribution in [0.5, 0.6) is 0 Å². The summed E-state index contributed by atoms with van der Waals surface area (Å²) in [5.41, 5.74) is -0.540. The number of likely N-dealkylation sites (tertiary alicyclic amines) is 1. The second-order valence-corrected chi connectivity index (χ2v) is 5.50. The molecule has 6 heteroatoms. The smallest absolute Gasteiger partial charge is 0.410 e. The molecule has 1 unspecified atom stereocenters. The number of oxime groups is 1. The van der Waals surface area contributed by atoms with E-state index in [1.165, 1.54) is 4.90 Å². The van der Waals surface area contributed by atoms with Gasteiger partial charge < -0.3 is 9.94 Å². The molecule has 1 saturated heterocycles. The maximum Gasteiger partial charge on any atom is 0.410 e. The standard InChI is InChI=1S/C11H19ClN2O3/c1-11(2,3)17-10(15)14-7-5-4-6-8(14)9(12)13-16/h8,16H,4-7H2,1-3H3. The molecule has 0 radical (unpaired) electrons. The number of amides is 1. The topological polar surface area (TPSA) is 62.1 Å². The molecule has 5 nitrogen and oxygen atoms in total. The van der Waals surface area contributed by atoms with Gasteiger partial charge in [-0.25, -0.2) is 4.79 Å². The first-order chi connectivity index (χ1) is 7.85. The Morgan fingerprint density at radius 1 is 1.47 bits per heavy atom. The maximum absolute atomic E-state index is 12.0. The lowest BCUT2D eigenvalue weighted by atomic mass is 10.0. The third-order valence-corrected chi connectivity index (χ3v) is 2.83. The van der Waals surface area contributed by atoms with E-state index in [2.05, 4.69) is 5.16 Å². The van der Waals surface area contributed by atoms with Gasteiger partial charge >= 0.3 is 6.09 Å². The highest BCUT2D eigenvalue weighted by Gasteiger charge is 2.33. The monoisotopic (exact) mass is 262 g/mol. The van der Waals surface area contributed by atoms with Crippen LogP contribution < -0.4 is 0 Å². The molecular weight excluding hydrogens is 244 g/mol. The van der Waals surface area contributed by atoms with Crippen molar-refractivity contribution >= 4 is 22.9 Å². The lowest BCUT2D eigenvalue weighted by Crippen LogP contribution is -2.48. The molecule has 1 N–H and O–H groups in total. The quantitative estimate of drug-likeness (QED) is 0.449. The Kier molecular flexibility index (Phi) is 4.62. The molecule has 1 atom stereocenters. The summed E-state index contributed by atoms with van der Waals surface area (Å²) in [6, 6.07) is -0.370. The van der Waals surface area contributed by atoms with Gasteiger partial charge in [0.1, 0.15) is 5.60 Å². The van der Waals surface area contributed by atoms with Crippen molar-refractivity contribution in [3.63, 3.8) is 0 Å². The molecule has 1 fully saturated rings. The fourth-order valence-corrected chi connectivity index (χ4v) is 2.01. The SMILES string of the molecule is CC(C)(C)OC(=O)N1CCCCC1C(Cl)=NO. The summed E-state index contributed by atoms with van der Waals surface area (Å²) in [6.07, 6.45) is 2.15. The van der Waals surface area contributed by atoms with Crippen LogP contribution in [0.25, 0.3) is 0 Å². The molecule has 1 amide bonds. The lowest BCUT2D eigenvalue weighted by molar-refractivity contribution is 0.0167. The van der Waals surface area contributed by atoms with Gasteiger partial charge in [0.15, 0.2) is 5.17 Å². The zero-order valence-electron chi connectivity index (χ0n) is 10.4. The zero-order chi connectivity index (χ0) is 13.1. The van der Waals surface area contributed by atoms with Crippen LogP contribution in [-0.2, 0) is 4.74 Å². The molecule has 1 heterocycles. The van der Waals surface area contributed by atoms with Gasteiger partial charge in [-0.1, -0.05) is 16.8 Å². The molecule has 17 heavy (non-hydrogen) atoms. The minimum atomic E-state index is -0.540.